The first-order valence-corrected chi connectivity index (χ1v) is 12.7. The molecule has 0 aromatic heterocycles. The van der Waals surface area contributed by atoms with Gasteiger partial charge in [0, 0.05) is 18.8 Å². The fourth-order valence-corrected chi connectivity index (χ4v) is 8.06. The molecule has 0 amide bonds. The van der Waals surface area contributed by atoms with Crippen LogP contribution in [0, 0.1) is 5.41 Å². The van der Waals surface area contributed by atoms with Gasteiger partial charge in [-0.1, -0.05) is 20.8 Å². The van der Waals surface area contributed by atoms with Gasteiger partial charge in [-0.05, 0) is 19.3 Å². The minimum absolute atomic E-state index is 0.0587. The van der Waals surface area contributed by atoms with E-state index in [1.165, 1.54) is 0 Å². The summed E-state index contributed by atoms with van der Waals surface area (Å²) in [7, 11) is -3.10. The Morgan fingerprint density at radius 1 is 0.857 bits per heavy atom. The van der Waals surface area contributed by atoms with Crippen LogP contribution in [0.15, 0.2) is 0 Å². The molecule has 2 aliphatic rings. The van der Waals surface area contributed by atoms with Crippen molar-refractivity contribution in [3.63, 3.8) is 0 Å². The largest absolute Gasteiger partial charge is 0.378 e. The molecule has 0 saturated carbocycles. The van der Waals surface area contributed by atoms with Gasteiger partial charge in [0.15, 0.2) is 0 Å². The van der Waals surface area contributed by atoms with E-state index in [9.17, 15) is 4.57 Å². The maximum Gasteiger partial charge on any atom is 0.288 e. The molecule has 0 N–H and O–H groups in total. The number of rotatable bonds is 1. The van der Waals surface area contributed by atoms with E-state index >= 15 is 0 Å². The summed E-state index contributed by atoms with van der Waals surface area (Å²) in [6.45, 7) is 15.7. The Bertz CT molecular complexity index is 497. The molecular weight excluding hydrogens is 401 g/mol. The first-order chi connectivity index (χ1) is 13.2. The van der Waals surface area contributed by atoms with Crippen molar-refractivity contribution in [1.82, 2.24) is 4.67 Å². The summed E-state index contributed by atoms with van der Waals surface area (Å²) in [5.74, 6) is 0.843. The molecule has 2 rings (SSSR count). The second-order valence-electron chi connectivity index (χ2n) is 8.64. The fourth-order valence-electron chi connectivity index (χ4n) is 2.98. The zero-order valence-corrected chi connectivity index (χ0v) is 19.8. The van der Waals surface area contributed by atoms with E-state index in [0.717, 1.165) is 5.75 Å². The van der Waals surface area contributed by atoms with Gasteiger partial charge in [0.25, 0.3) is 7.52 Å². The van der Waals surface area contributed by atoms with Gasteiger partial charge in [-0.15, -0.1) is 11.8 Å². The van der Waals surface area contributed by atoms with Crippen molar-refractivity contribution in [3.8, 4) is 0 Å². The van der Waals surface area contributed by atoms with Crippen LogP contribution >= 0.6 is 19.3 Å². The van der Waals surface area contributed by atoms with Crippen molar-refractivity contribution in [1.29, 1.82) is 0 Å². The van der Waals surface area contributed by atoms with E-state index in [0.29, 0.717) is 65.9 Å². The first-order valence-electron chi connectivity index (χ1n) is 10.2. The predicted octanol–water partition coefficient (Wildman–Crippen LogP) is 3.48. The van der Waals surface area contributed by atoms with Crippen molar-refractivity contribution >= 4 is 19.3 Å². The van der Waals surface area contributed by atoms with Gasteiger partial charge in [0.2, 0.25) is 0 Å². The predicted molar refractivity (Wildman–Crippen MR) is 113 cm³/mol. The lowest BCUT2D eigenvalue weighted by Gasteiger charge is -2.48. The van der Waals surface area contributed by atoms with Crippen LogP contribution in [-0.4, -0.2) is 87.0 Å². The fraction of sp³-hybridized carbons (Fsp3) is 1.00. The summed E-state index contributed by atoms with van der Waals surface area (Å²) in [4.78, 5) is 0. The lowest BCUT2D eigenvalue weighted by molar-refractivity contribution is 0.00206. The Balaban J connectivity index is 2.10. The Hall–Kier alpha value is 0.340. The summed E-state index contributed by atoms with van der Waals surface area (Å²) >= 11 is 1.74. The zero-order valence-electron chi connectivity index (χ0n) is 18.1. The minimum Gasteiger partial charge on any atom is -0.378 e. The van der Waals surface area contributed by atoms with Gasteiger partial charge in [0.1, 0.15) is 4.49 Å². The lowest BCUT2D eigenvalue weighted by Crippen LogP contribution is -2.45. The standard InChI is InChI=1S/C19H38NO6PS/c1-18(2,3)17-16-28-19(4,5)27(21,26-17)20-6-8-22-10-12-24-14-15-25-13-11-23-9-7-20/h17H,6-16H2,1-5H3. The van der Waals surface area contributed by atoms with E-state index in [-0.39, 0.29) is 11.5 Å². The second-order valence-corrected chi connectivity index (χ2v) is 13.5. The van der Waals surface area contributed by atoms with Gasteiger partial charge >= 0.3 is 0 Å². The van der Waals surface area contributed by atoms with Crippen molar-refractivity contribution in [2.75, 3.05) is 71.7 Å². The molecule has 2 unspecified atom stereocenters. The van der Waals surface area contributed by atoms with E-state index < -0.39 is 12.0 Å². The van der Waals surface area contributed by atoms with Crippen molar-refractivity contribution in [2.24, 2.45) is 5.41 Å². The van der Waals surface area contributed by atoms with Crippen molar-refractivity contribution in [3.05, 3.63) is 0 Å². The highest BCUT2D eigenvalue weighted by atomic mass is 32.2. The molecule has 2 atom stereocenters. The Morgan fingerprint density at radius 3 is 1.71 bits per heavy atom. The number of hydrogen-bond donors (Lipinski definition) is 0. The SMILES string of the molecule is CC(C)(C)C1CSC(C)(C)P(=O)(N2CCOCCOCCOCCOCC2)O1. The second kappa shape index (κ2) is 11.1. The lowest BCUT2D eigenvalue weighted by atomic mass is 9.90. The normalized spacial score (nSPS) is 33.0. The minimum atomic E-state index is -3.10. The molecule has 2 heterocycles. The van der Waals surface area contributed by atoms with E-state index in [4.69, 9.17) is 23.5 Å². The van der Waals surface area contributed by atoms with Gasteiger partial charge in [-0.25, -0.2) is 4.67 Å². The monoisotopic (exact) mass is 439 g/mol. The Kier molecular flexibility index (Phi) is 9.75. The van der Waals surface area contributed by atoms with Crippen LogP contribution in [0.3, 0.4) is 0 Å². The van der Waals surface area contributed by atoms with Crippen LogP contribution in [0.5, 0.6) is 0 Å². The molecule has 0 aromatic rings. The third-order valence-corrected chi connectivity index (χ3v) is 10.3. The molecule has 7 nitrogen and oxygen atoms in total. The van der Waals surface area contributed by atoms with Gasteiger partial charge in [-0.3, -0.25) is 4.57 Å². The van der Waals surface area contributed by atoms with E-state index in [1.54, 1.807) is 11.8 Å². The summed E-state index contributed by atoms with van der Waals surface area (Å²) in [6, 6.07) is 0. The molecule has 2 fully saturated rings. The highest BCUT2D eigenvalue weighted by molar-refractivity contribution is 8.07. The summed E-state index contributed by atoms with van der Waals surface area (Å²) < 4.78 is 44.4. The molecular formula is C19H38NO6PS. The molecule has 2 aliphatic heterocycles. The highest BCUT2D eigenvalue weighted by Gasteiger charge is 2.53. The Morgan fingerprint density at radius 2 is 1.29 bits per heavy atom. The quantitative estimate of drug-likeness (QED) is 0.576. The van der Waals surface area contributed by atoms with Crippen LogP contribution < -0.4 is 0 Å². The molecule has 0 radical (unpaired) electrons. The van der Waals surface area contributed by atoms with E-state index in [2.05, 4.69) is 20.8 Å². The molecule has 0 aromatic carbocycles. The van der Waals surface area contributed by atoms with Crippen LogP contribution in [-0.2, 0) is 28.0 Å². The molecule has 166 valence electrons. The number of ether oxygens (including phenoxy) is 4. The maximum atomic E-state index is 14.2. The third kappa shape index (κ3) is 6.95. The smallest absolute Gasteiger partial charge is 0.288 e. The average Bonchev–Trinajstić information content (AvgIpc) is 2.62. The van der Waals surface area contributed by atoms with Crippen molar-refractivity contribution < 1.29 is 28.0 Å². The van der Waals surface area contributed by atoms with Crippen LogP contribution in [0.2, 0.25) is 0 Å². The molecule has 0 spiro atoms. The molecule has 2 saturated heterocycles. The highest BCUT2D eigenvalue weighted by Crippen LogP contribution is 2.70. The van der Waals surface area contributed by atoms with Gasteiger partial charge < -0.3 is 23.5 Å². The van der Waals surface area contributed by atoms with Crippen LogP contribution in [0.4, 0.5) is 0 Å². The average molecular weight is 440 g/mol. The first kappa shape index (κ1) is 24.6. The summed E-state index contributed by atoms with van der Waals surface area (Å²) in [6.07, 6.45) is -0.0587. The van der Waals surface area contributed by atoms with Gasteiger partial charge in [-0.2, -0.15) is 0 Å². The maximum absolute atomic E-state index is 14.2. The number of nitrogens with zero attached hydrogens (tertiary/aromatic N) is 1. The molecule has 0 bridgehead atoms. The summed E-state index contributed by atoms with van der Waals surface area (Å²) in [5.41, 5.74) is -0.0677. The Labute approximate surface area is 174 Å². The zero-order chi connectivity index (χ0) is 20.7. The van der Waals surface area contributed by atoms with Crippen LogP contribution in [0.1, 0.15) is 34.6 Å². The van der Waals surface area contributed by atoms with Crippen LogP contribution in [0.25, 0.3) is 0 Å². The molecule has 0 aliphatic carbocycles. The van der Waals surface area contributed by atoms with Crippen molar-refractivity contribution in [2.45, 2.75) is 45.2 Å². The topological polar surface area (TPSA) is 66.5 Å². The summed E-state index contributed by atoms with van der Waals surface area (Å²) in [5, 5.41) is 0. The third-order valence-electron chi connectivity index (χ3n) is 4.98. The van der Waals surface area contributed by atoms with Gasteiger partial charge in [0.05, 0.1) is 59.0 Å². The molecule has 9 heteroatoms. The van der Waals surface area contributed by atoms with E-state index in [1.807, 2.05) is 18.5 Å². The number of thioether (sulfide) groups is 1. The molecule has 28 heavy (non-hydrogen) atoms. The number of hydrogen-bond acceptors (Lipinski definition) is 7.